The number of rotatable bonds is 1. The van der Waals surface area contributed by atoms with E-state index < -0.39 is 11.6 Å². The third-order valence-electron chi connectivity index (χ3n) is 1.95. The molecule has 2 nitrogen and oxygen atoms in total. The Morgan fingerprint density at radius 1 is 1.21 bits per heavy atom. The SMILES string of the molecule is Cc1cc(F)c(-c2ccno2)cc1F. The molecule has 72 valence electrons. The van der Waals surface area contributed by atoms with Crippen LogP contribution < -0.4 is 0 Å². The Balaban J connectivity index is 2.60. The van der Waals surface area contributed by atoms with E-state index in [1.807, 2.05) is 0 Å². The van der Waals surface area contributed by atoms with Gasteiger partial charge in [-0.15, -0.1) is 0 Å². The maximum Gasteiger partial charge on any atom is 0.169 e. The summed E-state index contributed by atoms with van der Waals surface area (Å²) in [6.45, 7) is 1.50. The Kier molecular flexibility index (Phi) is 2.04. The van der Waals surface area contributed by atoms with Crippen molar-refractivity contribution in [2.45, 2.75) is 6.92 Å². The van der Waals surface area contributed by atoms with Gasteiger partial charge in [0.15, 0.2) is 5.76 Å². The van der Waals surface area contributed by atoms with Crippen LogP contribution in [0.15, 0.2) is 28.9 Å². The van der Waals surface area contributed by atoms with Gasteiger partial charge < -0.3 is 4.52 Å². The Morgan fingerprint density at radius 2 is 2.00 bits per heavy atom. The second-order valence-corrected chi connectivity index (χ2v) is 2.96. The fourth-order valence-corrected chi connectivity index (χ4v) is 1.19. The summed E-state index contributed by atoms with van der Waals surface area (Å²) in [5.41, 5.74) is 0.358. The molecular weight excluding hydrogens is 188 g/mol. The number of nitrogens with zero attached hydrogens (tertiary/aromatic N) is 1. The van der Waals surface area contributed by atoms with Crippen LogP contribution in [0, 0.1) is 18.6 Å². The smallest absolute Gasteiger partial charge is 0.169 e. The molecule has 0 saturated carbocycles. The number of halogens is 2. The highest BCUT2D eigenvalue weighted by Crippen LogP contribution is 2.24. The van der Waals surface area contributed by atoms with Crippen molar-refractivity contribution in [3.8, 4) is 11.3 Å². The van der Waals surface area contributed by atoms with Gasteiger partial charge in [-0.05, 0) is 24.6 Å². The minimum atomic E-state index is -0.513. The normalized spacial score (nSPS) is 10.5. The average molecular weight is 195 g/mol. The zero-order chi connectivity index (χ0) is 10.1. The quantitative estimate of drug-likeness (QED) is 0.699. The van der Waals surface area contributed by atoms with Crippen LogP contribution in [0.5, 0.6) is 0 Å². The molecule has 0 aliphatic heterocycles. The summed E-state index contributed by atoms with van der Waals surface area (Å²) in [5.74, 6) is -0.750. The van der Waals surface area contributed by atoms with Crippen LogP contribution in [0.2, 0.25) is 0 Å². The van der Waals surface area contributed by atoms with Gasteiger partial charge in [-0.2, -0.15) is 0 Å². The first kappa shape index (κ1) is 8.87. The van der Waals surface area contributed by atoms with Crippen LogP contribution >= 0.6 is 0 Å². The summed E-state index contributed by atoms with van der Waals surface area (Å²) in [5, 5.41) is 3.43. The van der Waals surface area contributed by atoms with E-state index in [-0.39, 0.29) is 16.9 Å². The second kappa shape index (κ2) is 3.21. The molecule has 2 aromatic rings. The van der Waals surface area contributed by atoms with Gasteiger partial charge in [0.05, 0.1) is 11.8 Å². The van der Waals surface area contributed by atoms with Crippen LogP contribution in [0.25, 0.3) is 11.3 Å². The predicted molar refractivity (Wildman–Crippen MR) is 46.6 cm³/mol. The van der Waals surface area contributed by atoms with Gasteiger partial charge in [0.1, 0.15) is 11.6 Å². The van der Waals surface area contributed by atoms with Crippen molar-refractivity contribution in [2.75, 3.05) is 0 Å². The van der Waals surface area contributed by atoms with Gasteiger partial charge in [-0.1, -0.05) is 5.16 Å². The van der Waals surface area contributed by atoms with Crippen molar-refractivity contribution in [3.05, 3.63) is 41.6 Å². The van der Waals surface area contributed by atoms with Crippen molar-refractivity contribution in [1.82, 2.24) is 5.16 Å². The maximum absolute atomic E-state index is 13.3. The number of hydrogen-bond acceptors (Lipinski definition) is 2. The third kappa shape index (κ3) is 1.39. The minimum Gasteiger partial charge on any atom is -0.356 e. The first-order valence-corrected chi connectivity index (χ1v) is 4.05. The molecule has 0 spiro atoms. The van der Waals surface area contributed by atoms with Gasteiger partial charge in [0, 0.05) is 6.07 Å². The van der Waals surface area contributed by atoms with E-state index in [4.69, 9.17) is 4.52 Å². The number of aromatic nitrogens is 1. The average Bonchev–Trinajstić information content (AvgIpc) is 2.64. The molecule has 1 aromatic carbocycles. The molecule has 0 N–H and O–H groups in total. The summed E-state index contributed by atoms with van der Waals surface area (Å²) in [6, 6.07) is 3.71. The van der Waals surface area contributed by atoms with Crippen LogP contribution in [-0.4, -0.2) is 5.16 Å². The zero-order valence-electron chi connectivity index (χ0n) is 7.42. The molecule has 14 heavy (non-hydrogen) atoms. The molecule has 2 rings (SSSR count). The first-order chi connectivity index (χ1) is 6.68. The van der Waals surface area contributed by atoms with Crippen molar-refractivity contribution in [3.63, 3.8) is 0 Å². The Hall–Kier alpha value is -1.71. The molecule has 1 aromatic heterocycles. The lowest BCUT2D eigenvalue weighted by molar-refractivity contribution is 0.429. The van der Waals surface area contributed by atoms with E-state index >= 15 is 0 Å². The van der Waals surface area contributed by atoms with Gasteiger partial charge in [-0.25, -0.2) is 8.78 Å². The van der Waals surface area contributed by atoms with Crippen LogP contribution in [-0.2, 0) is 0 Å². The lowest BCUT2D eigenvalue weighted by atomic mass is 10.1. The van der Waals surface area contributed by atoms with Gasteiger partial charge in [0.2, 0.25) is 0 Å². The molecule has 4 heteroatoms. The summed E-state index contributed by atoms with van der Waals surface area (Å²) < 4.78 is 31.2. The first-order valence-electron chi connectivity index (χ1n) is 4.05. The van der Waals surface area contributed by atoms with Gasteiger partial charge in [-0.3, -0.25) is 0 Å². The van der Waals surface area contributed by atoms with Crippen molar-refractivity contribution in [2.24, 2.45) is 0 Å². The van der Waals surface area contributed by atoms with E-state index in [0.29, 0.717) is 0 Å². The fourth-order valence-electron chi connectivity index (χ4n) is 1.19. The van der Waals surface area contributed by atoms with Crippen LogP contribution in [0.3, 0.4) is 0 Å². The van der Waals surface area contributed by atoms with E-state index in [0.717, 1.165) is 12.1 Å². The zero-order valence-corrected chi connectivity index (χ0v) is 7.42. The third-order valence-corrected chi connectivity index (χ3v) is 1.95. The molecule has 0 radical (unpaired) electrons. The molecule has 0 fully saturated rings. The number of aryl methyl sites for hydroxylation is 1. The highest BCUT2D eigenvalue weighted by molar-refractivity contribution is 5.58. The number of benzene rings is 1. The summed E-state index contributed by atoms with van der Waals surface area (Å²) >= 11 is 0. The molecule has 0 saturated heterocycles. The Labute approximate surface area is 79.1 Å². The molecule has 0 bridgehead atoms. The summed E-state index contributed by atoms with van der Waals surface area (Å²) in [7, 11) is 0. The predicted octanol–water partition coefficient (Wildman–Crippen LogP) is 2.93. The van der Waals surface area contributed by atoms with Crippen LogP contribution in [0.4, 0.5) is 8.78 Å². The van der Waals surface area contributed by atoms with Crippen LogP contribution in [0.1, 0.15) is 5.56 Å². The molecule has 0 atom stereocenters. The second-order valence-electron chi connectivity index (χ2n) is 2.96. The van der Waals surface area contributed by atoms with Crippen molar-refractivity contribution >= 4 is 0 Å². The molecular formula is C10H7F2NO. The molecule has 0 aliphatic rings. The molecule has 0 aliphatic carbocycles. The van der Waals surface area contributed by atoms with E-state index in [2.05, 4.69) is 5.16 Å². The molecule has 0 unspecified atom stereocenters. The standard InChI is InChI=1S/C10H7F2NO/c1-6-4-9(12)7(5-8(6)11)10-2-3-13-14-10/h2-5H,1H3. The Bertz CT molecular complexity index is 451. The molecule has 0 amide bonds. The summed E-state index contributed by atoms with van der Waals surface area (Å²) in [6.07, 6.45) is 1.38. The van der Waals surface area contributed by atoms with E-state index in [9.17, 15) is 8.78 Å². The lowest BCUT2D eigenvalue weighted by Crippen LogP contribution is -1.89. The summed E-state index contributed by atoms with van der Waals surface area (Å²) in [4.78, 5) is 0. The number of hydrogen-bond donors (Lipinski definition) is 0. The Morgan fingerprint density at radius 3 is 2.64 bits per heavy atom. The van der Waals surface area contributed by atoms with Crippen molar-refractivity contribution < 1.29 is 13.3 Å². The van der Waals surface area contributed by atoms with Gasteiger partial charge in [0.25, 0.3) is 0 Å². The highest BCUT2D eigenvalue weighted by atomic mass is 19.1. The van der Waals surface area contributed by atoms with Gasteiger partial charge >= 0.3 is 0 Å². The maximum atomic E-state index is 13.3. The fraction of sp³-hybridized carbons (Fsp3) is 0.100. The highest BCUT2D eigenvalue weighted by Gasteiger charge is 2.11. The van der Waals surface area contributed by atoms with E-state index in [1.165, 1.54) is 19.2 Å². The monoisotopic (exact) mass is 195 g/mol. The van der Waals surface area contributed by atoms with E-state index in [1.54, 1.807) is 0 Å². The lowest BCUT2D eigenvalue weighted by Gasteiger charge is -2.01. The topological polar surface area (TPSA) is 26.0 Å². The minimum absolute atomic E-state index is 0.0885. The largest absolute Gasteiger partial charge is 0.356 e. The van der Waals surface area contributed by atoms with Crippen molar-refractivity contribution in [1.29, 1.82) is 0 Å². The molecule has 1 heterocycles.